The molecular formula is C19H22N2O2. The number of benzene rings is 1. The van der Waals surface area contributed by atoms with Crippen molar-refractivity contribution >= 4 is 18.1 Å². The van der Waals surface area contributed by atoms with E-state index in [2.05, 4.69) is 4.98 Å². The first-order chi connectivity index (χ1) is 10.9. The molecule has 0 aliphatic heterocycles. The maximum absolute atomic E-state index is 12.1. The number of pyridine rings is 1. The second-order valence-corrected chi connectivity index (χ2v) is 5.99. The second kappa shape index (κ2) is 7.09. The molecule has 1 amide bonds. The average molecular weight is 310 g/mol. The van der Waals surface area contributed by atoms with Gasteiger partial charge < -0.3 is 9.64 Å². The third-order valence-electron chi connectivity index (χ3n) is 3.35. The maximum Gasteiger partial charge on any atom is 0.265 e. The Kier molecular flexibility index (Phi) is 5.16. The van der Waals surface area contributed by atoms with E-state index in [4.69, 9.17) is 4.74 Å². The van der Waals surface area contributed by atoms with Gasteiger partial charge in [0.25, 0.3) is 5.91 Å². The van der Waals surface area contributed by atoms with E-state index in [0.717, 1.165) is 11.1 Å². The van der Waals surface area contributed by atoms with Gasteiger partial charge in [0.15, 0.2) is 5.60 Å². The summed E-state index contributed by atoms with van der Waals surface area (Å²) in [6, 6.07) is 11.6. The van der Waals surface area contributed by atoms with Crippen LogP contribution in [0, 0.1) is 0 Å². The molecule has 1 aromatic heterocycles. The van der Waals surface area contributed by atoms with Crippen molar-refractivity contribution < 1.29 is 9.53 Å². The van der Waals surface area contributed by atoms with Crippen molar-refractivity contribution in [1.29, 1.82) is 0 Å². The van der Waals surface area contributed by atoms with Gasteiger partial charge in [0, 0.05) is 26.5 Å². The molecule has 0 N–H and O–H groups in total. The van der Waals surface area contributed by atoms with Crippen LogP contribution in [0.2, 0.25) is 0 Å². The van der Waals surface area contributed by atoms with Crippen LogP contribution in [0.3, 0.4) is 0 Å². The third kappa shape index (κ3) is 4.68. The lowest BCUT2D eigenvalue weighted by molar-refractivity contribution is -0.142. The zero-order valence-corrected chi connectivity index (χ0v) is 14.0. The Labute approximate surface area is 137 Å². The van der Waals surface area contributed by atoms with Crippen molar-refractivity contribution in [1.82, 2.24) is 9.88 Å². The summed E-state index contributed by atoms with van der Waals surface area (Å²) >= 11 is 0. The van der Waals surface area contributed by atoms with Crippen LogP contribution in [0.25, 0.3) is 12.2 Å². The van der Waals surface area contributed by atoms with Crippen LogP contribution >= 0.6 is 0 Å². The van der Waals surface area contributed by atoms with Gasteiger partial charge in [-0.05, 0) is 49.2 Å². The fourth-order valence-corrected chi connectivity index (χ4v) is 2.19. The number of ether oxygens (including phenoxy) is 1. The summed E-state index contributed by atoms with van der Waals surface area (Å²) in [5.74, 6) is 0.602. The lowest BCUT2D eigenvalue weighted by Gasteiger charge is -2.28. The van der Waals surface area contributed by atoms with Crippen molar-refractivity contribution in [2.45, 2.75) is 19.4 Å². The molecule has 1 aromatic carbocycles. The Morgan fingerprint density at radius 1 is 1.00 bits per heavy atom. The van der Waals surface area contributed by atoms with Gasteiger partial charge in [-0.15, -0.1) is 0 Å². The summed E-state index contributed by atoms with van der Waals surface area (Å²) in [6.45, 7) is 3.54. The normalized spacial score (nSPS) is 11.5. The molecule has 23 heavy (non-hydrogen) atoms. The number of carbonyl (C=O) groups is 1. The van der Waals surface area contributed by atoms with E-state index in [0.29, 0.717) is 5.75 Å². The highest BCUT2D eigenvalue weighted by Gasteiger charge is 2.31. The van der Waals surface area contributed by atoms with E-state index in [1.807, 2.05) is 48.6 Å². The molecule has 0 radical (unpaired) electrons. The first-order valence-electron chi connectivity index (χ1n) is 7.47. The Hall–Kier alpha value is -2.62. The third-order valence-corrected chi connectivity index (χ3v) is 3.35. The number of nitrogens with zero attached hydrogens (tertiary/aromatic N) is 2. The lowest BCUT2D eigenvalue weighted by Crippen LogP contribution is -2.45. The van der Waals surface area contributed by atoms with E-state index < -0.39 is 5.60 Å². The molecule has 0 aliphatic rings. The van der Waals surface area contributed by atoms with Gasteiger partial charge >= 0.3 is 0 Å². The number of amides is 1. The molecule has 2 rings (SSSR count). The van der Waals surface area contributed by atoms with Crippen LogP contribution in [0.4, 0.5) is 0 Å². The molecule has 0 bridgehead atoms. The van der Waals surface area contributed by atoms with Crippen molar-refractivity contribution in [3.05, 3.63) is 59.9 Å². The van der Waals surface area contributed by atoms with Gasteiger partial charge in [0.05, 0.1) is 0 Å². The first-order valence-corrected chi connectivity index (χ1v) is 7.47. The monoisotopic (exact) mass is 310 g/mol. The smallest absolute Gasteiger partial charge is 0.265 e. The van der Waals surface area contributed by atoms with Crippen LogP contribution in [0.5, 0.6) is 5.75 Å². The van der Waals surface area contributed by atoms with Gasteiger partial charge in [-0.25, -0.2) is 0 Å². The van der Waals surface area contributed by atoms with Crippen molar-refractivity contribution in [2.24, 2.45) is 0 Å². The Bertz CT molecular complexity index is 674. The van der Waals surface area contributed by atoms with Gasteiger partial charge in [-0.1, -0.05) is 24.3 Å². The van der Waals surface area contributed by atoms with Gasteiger partial charge in [-0.2, -0.15) is 0 Å². The zero-order chi connectivity index (χ0) is 16.9. The minimum atomic E-state index is -0.891. The maximum atomic E-state index is 12.1. The molecule has 4 nitrogen and oxygen atoms in total. The fraction of sp³-hybridized carbons (Fsp3) is 0.263. The van der Waals surface area contributed by atoms with E-state index in [1.54, 1.807) is 40.3 Å². The molecule has 2 aromatic rings. The molecule has 0 unspecified atom stereocenters. The molecule has 4 heteroatoms. The second-order valence-electron chi connectivity index (χ2n) is 5.99. The fourth-order valence-electron chi connectivity index (χ4n) is 2.19. The summed E-state index contributed by atoms with van der Waals surface area (Å²) in [4.78, 5) is 17.6. The zero-order valence-electron chi connectivity index (χ0n) is 14.0. The van der Waals surface area contributed by atoms with Crippen LogP contribution in [0.1, 0.15) is 25.0 Å². The van der Waals surface area contributed by atoms with Crippen LogP contribution < -0.4 is 4.74 Å². The van der Waals surface area contributed by atoms with E-state index in [9.17, 15) is 4.79 Å². The summed E-state index contributed by atoms with van der Waals surface area (Å²) in [5, 5.41) is 0. The molecular weight excluding hydrogens is 288 g/mol. The lowest BCUT2D eigenvalue weighted by atomic mass is 10.1. The van der Waals surface area contributed by atoms with Crippen LogP contribution in [0.15, 0.2) is 48.8 Å². The summed E-state index contributed by atoms with van der Waals surface area (Å²) in [5.41, 5.74) is 1.27. The predicted molar refractivity (Wildman–Crippen MR) is 93.0 cm³/mol. The molecule has 1 heterocycles. The van der Waals surface area contributed by atoms with Gasteiger partial charge in [0.1, 0.15) is 5.75 Å². The van der Waals surface area contributed by atoms with E-state index in [1.165, 1.54) is 4.90 Å². The largest absolute Gasteiger partial charge is 0.478 e. The molecule has 0 atom stereocenters. The van der Waals surface area contributed by atoms with Gasteiger partial charge in [-0.3, -0.25) is 9.78 Å². The first kappa shape index (κ1) is 16.7. The standard InChI is InChI=1S/C19H22N2O2/c1-19(2,18(22)21(3)4)23-17-9-7-15(8-10-17)5-6-16-11-13-20-14-12-16/h5-14H,1-4H3/b6-5+. The number of hydrogen-bond donors (Lipinski definition) is 0. The van der Waals surface area contributed by atoms with E-state index in [-0.39, 0.29) is 5.91 Å². The Balaban J connectivity index is 2.05. The molecule has 0 fully saturated rings. The number of likely N-dealkylation sites (N-methyl/N-ethyl adjacent to an activating group) is 1. The Morgan fingerprint density at radius 2 is 1.52 bits per heavy atom. The average Bonchev–Trinajstić information content (AvgIpc) is 2.54. The quantitative estimate of drug-likeness (QED) is 0.849. The SMILES string of the molecule is CN(C)C(=O)C(C)(C)Oc1ccc(/C=C/c2ccncc2)cc1. The van der Waals surface area contributed by atoms with Crippen LogP contribution in [-0.4, -0.2) is 35.5 Å². The molecule has 120 valence electrons. The minimum Gasteiger partial charge on any atom is -0.478 e. The number of rotatable bonds is 5. The molecule has 0 saturated heterocycles. The number of aromatic nitrogens is 1. The van der Waals surface area contributed by atoms with Crippen molar-refractivity contribution in [3.63, 3.8) is 0 Å². The molecule has 0 saturated carbocycles. The summed E-state index contributed by atoms with van der Waals surface area (Å²) in [7, 11) is 3.45. The number of hydrogen-bond acceptors (Lipinski definition) is 3. The Morgan fingerprint density at radius 3 is 2.04 bits per heavy atom. The topological polar surface area (TPSA) is 42.4 Å². The highest BCUT2D eigenvalue weighted by atomic mass is 16.5. The highest BCUT2D eigenvalue weighted by Crippen LogP contribution is 2.21. The van der Waals surface area contributed by atoms with Gasteiger partial charge in [0.2, 0.25) is 0 Å². The molecule has 0 spiro atoms. The summed E-state index contributed by atoms with van der Waals surface area (Å²) < 4.78 is 5.82. The molecule has 0 aliphatic carbocycles. The van der Waals surface area contributed by atoms with E-state index >= 15 is 0 Å². The van der Waals surface area contributed by atoms with Crippen LogP contribution in [-0.2, 0) is 4.79 Å². The van der Waals surface area contributed by atoms with Crippen molar-refractivity contribution in [3.8, 4) is 5.75 Å². The number of carbonyl (C=O) groups excluding carboxylic acids is 1. The minimum absolute atomic E-state index is 0.0702. The predicted octanol–water partition coefficient (Wildman–Crippen LogP) is 3.50. The summed E-state index contributed by atoms with van der Waals surface area (Å²) in [6.07, 6.45) is 7.58. The highest BCUT2D eigenvalue weighted by molar-refractivity contribution is 5.84. The van der Waals surface area contributed by atoms with Crippen molar-refractivity contribution in [2.75, 3.05) is 14.1 Å².